The number of hydrogen-bond donors (Lipinski definition) is 2. The van der Waals surface area contributed by atoms with E-state index in [-0.39, 0.29) is 5.91 Å². The van der Waals surface area contributed by atoms with E-state index in [1.54, 1.807) is 4.68 Å². The molecular weight excluding hydrogens is 450 g/mol. The number of allylic oxidation sites excluding steroid dienone is 1. The van der Waals surface area contributed by atoms with E-state index in [4.69, 9.17) is 14.8 Å². The minimum absolute atomic E-state index is 0.195. The van der Waals surface area contributed by atoms with Crippen LogP contribution in [0.5, 0.6) is 5.75 Å². The number of hydrogen-bond acceptors (Lipinski definition) is 5. The fourth-order valence-corrected chi connectivity index (χ4v) is 4.39. The van der Waals surface area contributed by atoms with Crippen molar-refractivity contribution >= 4 is 17.5 Å². The van der Waals surface area contributed by atoms with Gasteiger partial charge in [-0.25, -0.2) is 4.68 Å². The van der Waals surface area contributed by atoms with Crippen molar-refractivity contribution in [2.45, 2.75) is 33.7 Å². The number of aryl methyl sites for hydroxylation is 2. The molecule has 3 aromatic carbocycles. The summed E-state index contributed by atoms with van der Waals surface area (Å²) < 4.78 is 7.44. The lowest BCUT2D eigenvalue weighted by atomic mass is 9.95. The van der Waals surface area contributed by atoms with Crippen LogP contribution in [0.25, 0.3) is 11.4 Å². The molecule has 1 atom stereocenters. The molecular formula is C29H29N5O2. The van der Waals surface area contributed by atoms with Gasteiger partial charge in [0.25, 0.3) is 5.91 Å². The highest BCUT2D eigenvalue weighted by molar-refractivity contribution is 6.06. The average Bonchev–Trinajstić information content (AvgIpc) is 3.30. The van der Waals surface area contributed by atoms with E-state index >= 15 is 0 Å². The van der Waals surface area contributed by atoms with Gasteiger partial charge in [-0.05, 0) is 74.7 Å². The van der Waals surface area contributed by atoms with Crippen molar-refractivity contribution in [3.05, 3.63) is 101 Å². The largest absolute Gasteiger partial charge is 0.494 e. The van der Waals surface area contributed by atoms with Crippen LogP contribution in [0.3, 0.4) is 0 Å². The van der Waals surface area contributed by atoms with Gasteiger partial charge in [0, 0.05) is 16.9 Å². The van der Waals surface area contributed by atoms with Gasteiger partial charge >= 0.3 is 0 Å². The molecule has 0 bridgehead atoms. The first-order valence-electron chi connectivity index (χ1n) is 12.1. The van der Waals surface area contributed by atoms with Gasteiger partial charge in [-0.2, -0.15) is 4.98 Å². The summed E-state index contributed by atoms with van der Waals surface area (Å²) in [6.07, 6.45) is 0. The van der Waals surface area contributed by atoms with Crippen LogP contribution >= 0.6 is 0 Å². The molecule has 1 aromatic heterocycles. The molecule has 0 saturated heterocycles. The number of carbonyl (C=O) groups excluding carboxylic acids is 1. The number of benzene rings is 3. The third kappa shape index (κ3) is 4.47. The first-order chi connectivity index (χ1) is 17.4. The summed E-state index contributed by atoms with van der Waals surface area (Å²) >= 11 is 0. The third-order valence-electron chi connectivity index (χ3n) is 6.40. The molecule has 0 aliphatic carbocycles. The highest BCUT2D eigenvalue weighted by atomic mass is 16.5. The van der Waals surface area contributed by atoms with Crippen LogP contribution in [0.2, 0.25) is 0 Å². The molecule has 7 heteroatoms. The second-order valence-corrected chi connectivity index (χ2v) is 8.89. The molecule has 0 saturated carbocycles. The standard InChI is InChI=1S/C29H29N5O2/c1-5-36-24-15-13-21(14-16-24)26-25(28(35)31-23-9-7-6-8-10-23)20(4)30-29-32-27(33-34(26)29)22-12-11-18(2)19(3)17-22/h6-17,26H,5H2,1-4H3,(H,31,35)(H,30,32,33). The number of nitrogens with zero attached hydrogens (tertiary/aromatic N) is 3. The number of para-hydroxylation sites is 1. The molecule has 1 aliphatic heterocycles. The molecule has 7 nitrogen and oxygen atoms in total. The molecule has 36 heavy (non-hydrogen) atoms. The molecule has 4 aromatic rings. The van der Waals surface area contributed by atoms with E-state index < -0.39 is 6.04 Å². The van der Waals surface area contributed by atoms with Gasteiger partial charge in [0.15, 0.2) is 5.82 Å². The smallest absolute Gasteiger partial charge is 0.255 e. The first-order valence-corrected chi connectivity index (χ1v) is 12.1. The monoisotopic (exact) mass is 479 g/mol. The molecule has 1 amide bonds. The summed E-state index contributed by atoms with van der Waals surface area (Å²) in [6, 6.07) is 23.0. The third-order valence-corrected chi connectivity index (χ3v) is 6.40. The van der Waals surface area contributed by atoms with Crippen LogP contribution in [-0.4, -0.2) is 27.3 Å². The zero-order valence-corrected chi connectivity index (χ0v) is 20.9. The summed E-state index contributed by atoms with van der Waals surface area (Å²) in [5, 5.41) is 11.2. The summed E-state index contributed by atoms with van der Waals surface area (Å²) in [7, 11) is 0. The van der Waals surface area contributed by atoms with Crippen LogP contribution in [0.1, 0.15) is 36.6 Å². The van der Waals surface area contributed by atoms with E-state index in [0.29, 0.717) is 24.0 Å². The van der Waals surface area contributed by atoms with Crippen molar-refractivity contribution in [1.29, 1.82) is 0 Å². The summed E-state index contributed by atoms with van der Waals surface area (Å²) in [4.78, 5) is 18.4. The van der Waals surface area contributed by atoms with E-state index in [2.05, 4.69) is 36.6 Å². The van der Waals surface area contributed by atoms with Crippen LogP contribution < -0.4 is 15.4 Å². The number of fused-ring (bicyclic) bond motifs is 1. The fraction of sp³-hybridized carbons (Fsp3) is 0.207. The molecule has 0 radical (unpaired) electrons. The van der Waals surface area contributed by atoms with E-state index in [9.17, 15) is 4.79 Å². The number of aromatic nitrogens is 3. The summed E-state index contributed by atoms with van der Waals surface area (Å²) in [5.74, 6) is 1.78. The van der Waals surface area contributed by atoms with Gasteiger partial charge in [0.1, 0.15) is 11.8 Å². The Balaban J connectivity index is 1.59. The van der Waals surface area contributed by atoms with Crippen LogP contribution in [0.15, 0.2) is 84.1 Å². The Labute approximate surface area is 210 Å². The van der Waals surface area contributed by atoms with Gasteiger partial charge in [0.2, 0.25) is 5.95 Å². The molecule has 0 spiro atoms. The fourth-order valence-electron chi connectivity index (χ4n) is 4.39. The Bertz CT molecular complexity index is 1440. The van der Waals surface area contributed by atoms with E-state index in [1.807, 2.05) is 74.5 Å². The van der Waals surface area contributed by atoms with Crippen LogP contribution in [0.4, 0.5) is 11.6 Å². The minimum Gasteiger partial charge on any atom is -0.494 e. The quantitative estimate of drug-likeness (QED) is 0.360. The zero-order chi connectivity index (χ0) is 25.2. The van der Waals surface area contributed by atoms with Gasteiger partial charge in [-0.3, -0.25) is 4.79 Å². The lowest BCUT2D eigenvalue weighted by molar-refractivity contribution is -0.113. The molecule has 182 valence electrons. The number of nitrogens with one attached hydrogen (secondary N) is 2. The van der Waals surface area contributed by atoms with Gasteiger partial charge in [0.05, 0.1) is 12.2 Å². The molecule has 0 fully saturated rings. The molecule has 5 rings (SSSR count). The number of rotatable bonds is 6. The van der Waals surface area contributed by atoms with Gasteiger partial charge < -0.3 is 15.4 Å². The van der Waals surface area contributed by atoms with Crippen molar-refractivity contribution in [2.75, 3.05) is 17.2 Å². The minimum atomic E-state index is -0.464. The van der Waals surface area contributed by atoms with E-state index in [1.165, 1.54) is 11.1 Å². The molecule has 1 unspecified atom stereocenters. The predicted octanol–water partition coefficient (Wildman–Crippen LogP) is 5.89. The maximum Gasteiger partial charge on any atom is 0.255 e. The maximum atomic E-state index is 13.6. The van der Waals surface area contributed by atoms with Crippen molar-refractivity contribution in [3.63, 3.8) is 0 Å². The predicted molar refractivity (Wildman–Crippen MR) is 142 cm³/mol. The highest BCUT2D eigenvalue weighted by Gasteiger charge is 2.34. The Kier molecular flexibility index (Phi) is 6.29. The number of ether oxygens (including phenoxy) is 1. The van der Waals surface area contributed by atoms with Crippen molar-refractivity contribution in [1.82, 2.24) is 14.8 Å². The first kappa shape index (κ1) is 23.4. The Morgan fingerprint density at radius 1 is 1.00 bits per heavy atom. The number of amides is 1. The summed E-state index contributed by atoms with van der Waals surface area (Å²) in [5.41, 5.74) is 6.27. The Morgan fingerprint density at radius 2 is 1.75 bits per heavy atom. The SMILES string of the molecule is CCOc1ccc(C2C(C(=O)Nc3ccccc3)=C(C)Nc3nc(-c4ccc(C)c(C)c4)nn32)cc1. The molecule has 1 aliphatic rings. The normalized spacial score (nSPS) is 14.7. The molecule has 2 heterocycles. The number of anilines is 2. The number of carbonyl (C=O) groups is 1. The maximum absolute atomic E-state index is 13.6. The lowest BCUT2D eigenvalue weighted by Crippen LogP contribution is -2.31. The zero-order valence-electron chi connectivity index (χ0n) is 20.9. The van der Waals surface area contributed by atoms with Gasteiger partial charge in [-0.15, -0.1) is 5.10 Å². The van der Waals surface area contributed by atoms with Gasteiger partial charge in [-0.1, -0.05) is 42.5 Å². The molecule has 2 N–H and O–H groups in total. The van der Waals surface area contributed by atoms with Crippen LogP contribution in [-0.2, 0) is 4.79 Å². The second-order valence-electron chi connectivity index (χ2n) is 8.89. The Morgan fingerprint density at radius 3 is 2.44 bits per heavy atom. The van der Waals surface area contributed by atoms with Crippen molar-refractivity contribution in [2.24, 2.45) is 0 Å². The van der Waals surface area contributed by atoms with Crippen LogP contribution in [0, 0.1) is 13.8 Å². The lowest BCUT2D eigenvalue weighted by Gasteiger charge is -2.28. The van der Waals surface area contributed by atoms with Crippen molar-refractivity contribution < 1.29 is 9.53 Å². The topological polar surface area (TPSA) is 81.1 Å². The van der Waals surface area contributed by atoms with Crippen molar-refractivity contribution in [3.8, 4) is 17.1 Å². The summed E-state index contributed by atoms with van der Waals surface area (Å²) in [6.45, 7) is 8.60. The average molecular weight is 480 g/mol. The highest BCUT2D eigenvalue weighted by Crippen LogP contribution is 2.37. The Hall–Kier alpha value is -4.39. The second kappa shape index (κ2) is 9.70. The van der Waals surface area contributed by atoms with E-state index in [0.717, 1.165) is 28.3 Å².